The summed E-state index contributed by atoms with van der Waals surface area (Å²) in [6.07, 6.45) is -2.86. The third kappa shape index (κ3) is 3.42. The van der Waals surface area contributed by atoms with Crippen molar-refractivity contribution in [2.24, 2.45) is 0 Å². The van der Waals surface area contributed by atoms with Gasteiger partial charge in [-0.05, 0) is 32.0 Å². The van der Waals surface area contributed by atoms with Crippen LogP contribution in [0.1, 0.15) is 36.3 Å². The summed E-state index contributed by atoms with van der Waals surface area (Å²) in [5.41, 5.74) is 1.19. The van der Waals surface area contributed by atoms with Crippen LogP contribution < -0.4 is 10.6 Å². The molecule has 4 nitrogen and oxygen atoms in total. The molecule has 1 atom stereocenters. The number of fused-ring (bicyclic) bond motifs is 1. The Morgan fingerprint density at radius 2 is 1.77 bits per heavy atom. The predicted molar refractivity (Wildman–Crippen MR) is 97.2 cm³/mol. The first-order chi connectivity index (χ1) is 12.4. The van der Waals surface area contributed by atoms with E-state index in [1.54, 1.807) is 20.9 Å². The van der Waals surface area contributed by atoms with Crippen LogP contribution in [-0.4, -0.2) is 17.0 Å². The fourth-order valence-corrected chi connectivity index (χ4v) is 2.86. The molecule has 0 spiro atoms. The molecule has 26 heavy (non-hydrogen) atoms. The van der Waals surface area contributed by atoms with E-state index in [4.69, 9.17) is 0 Å². The Hall–Kier alpha value is -2.83. The number of aryl methyl sites for hydroxylation is 1. The number of aromatic nitrogens is 2. The molecule has 3 rings (SSSR count). The highest BCUT2D eigenvalue weighted by molar-refractivity contribution is 5.91. The quantitative estimate of drug-likeness (QED) is 0.654. The van der Waals surface area contributed by atoms with Gasteiger partial charge in [0.15, 0.2) is 0 Å². The summed E-state index contributed by atoms with van der Waals surface area (Å²) in [6.45, 7) is 3.47. The second-order valence-corrected chi connectivity index (χ2v) is 6.02. The van der Waals surface area contributed by atoms with Crippen LogP contribution in [0.3, 0.4) is 0 Å². The summed E-state index contributed by atoms with van der Waals surface area (Å²) >= 11 is 0. The number of hydrogen-bond donors (Lipinski definition) is 2. The van der Waals surface area contributed by atoms with Crippen LogP contribution in [-0.2, 0) is 0 Å². The lowest BCUT2D eigenvalue weighted by Gasteiger charge is -2.19. The van der Waals surface area contributed by atoms with Crippen LogP contribution in [0.25, 0.3) is 10.9 Å². The largest absolute Gasteiger partial charge is 0.388 e. The topological polar surface area (TPSA) is 49.8 Å². The SMILES string of the molecule is CNc1ccc2nc(C)nc(NC(C)c3cccc(C(F)F)c3F)c2c1. The molecule has 0 saturated carbocycles. The van der Waals surface area contributed by atoms with Gasteiger partial charge in [0, 0.05) is 23.7 Å². The van der Waals surface area contributed by atoms with Gasteiger partial charge in [-0.15, -0.1) is 0 Å². The number of benzene rings is 2. The molecule has 1 aromatic heterocycles. The van der Waals surface area contributed by atoms with Crippen molar-refractivity contribution < 1.29 is 13.2 Å². The lowest BCUT2D eigenvalue weighted by Crippen LogP contribution is -2.12. The smallest absolute Gasteiger partial charge is 0.266 e. The third-order valence-corrected chi connectivity index (χ3v) is 4.21. The van der Waals surface area contributed by atoms with E-state index in [1.807, 2.05) is 18.2 Å². The van der Waals surface area contributed by atoms with Gasteiger partial charge < -0.3 is 10.6 Å². The van der Waals surface area contributed by atoms with Crippen molar-refractivity contribution in [3.05, 3.63) is 59.2 Å². The maximum Gasteiger partial charge on any atom is 0.266 e. The Balaban J connectivity index is 2.02. The maximum atomic E-state index is 14.4. The van der Waals surface area contributed by atoms with Crippen molar-refractivity contribution in [2.45, 2.75) is 26.3 Å². The van der Waals surface area contributed by atoms with Gasteiger partial charge in [0.25, 0.3) is 6.43 Å². The second-order valence-electron chi connectivity index (χ2n) is 6.02. The van der Waals surface area contributed by atoms with Crippen LogP contribution >= 0.6 is 0 Å². The van der Waals surface area contributed by atoms with E-state index < -0.39 is 23.8 Å². The van der Waals surface area contributed by atoms with Gasteiger partial charge in [0.1, 0.15) is 17.5 Å². The van der Waals surface area contributed by atoms with Crippen molar-refractivity contribution in [1.29, 1.82) is 0 Å². The Morgan fingerprint density at radius 3 is 2.46 bits per heavy atom. The lowest BCUT2D eigenvalue weighted by atomic mass is 10.0. The average molecular weight is 360 g/mol. The van der Waals surface area contributed by atoms with Gasteiger partial charge in [0.2, 0.25) is 0 Å². The van der Waals surface area contributed by atoms with Gasteiger partial charge in [-0.3, -0.25) is 0 Å². The predicted octanol–water partition coefficient (Wildman–Crippen LogP) is 5.23. The van der Waals surface area contributed by atoms with Crippen LogP contribution in [0.4, 0.5) is 24.7 Å². The van der Waals surface area contributed by atoms with E-state index >= 15 is 0 Å². The molecule has 0 amide bonds. The van der Waals surface area contributed by atoms with Crippen LogP contribution in [0.2, 0.25) is 0 Å². The fraction of sp³-hybridized carbons (Fsp3) is 0.263. The van der Waals surface area contributed by atoms with Crippen molar-refractivity contribution in [3.8, 4) is 0 Å². The van der Waals surface area contributed by atoms with Crippen molar-refractivity contribution in [1.82, 2.24) is 9.97 Å². The zero-order valence-electron chi connectivity index (χ0n) is 14.6. The molecule has 0 bridgehead atoms. The Morgan fingerprint density at radius 1 is 1.04 bits per heavy atom. The summed E-state index contributed by atoms with van der Waals surface area (Å²) in [4.78, 5) is 8.80. The second kappa shape index (κ2) is 7.19. The minimum Gasteiger partial charge on any atom is -0.388 e. The molecule has 0 radical (unpaired) electrons. The third-order valence-electron chi connectivity index (χ3n) is 4.21. The molecular formula is C19H19F3N4. The Kier molecular flexibility index (Phi) is 4.97. The van der Waals surface area contributed by atoms with E-state index in [-0.39, 0.29) is 5.56 Å². The van der Waals surface area contributed by atoms with E-state index in [1.165, 1.54) is 12.1 Å². The summed E-state index contributed by atoms with van der Waals surface area (Å²) in [5.74, 6) is 0.193. The molecule has 3 aromatic rings. The van der Waals surface area contributed by atoms with Gasteiger partial charge in [0.05, 0.1) is 17.1 Å². The maximum absolute atomic E-state index is 14.4. The molecular weight excluding hydrogens is 341 g/mol. The van der Waals surface area contributed by atoms with Crippen LogP contribution in [0.15, 0.2) is 36.4 Å². The summed E-state index contributed by atoms with van der Waals surface area (Å²) in [5, 5.41) is 6.95. The lowest BCUT2D eigenvalue weighted by molar-refractivity contribution is 0.146. The van der Waals surface area contributed by atoms with Gasteiger partial charge in [-0.25, -0.2) is 23.1 Å². The van der Waals surface area contributed by atoms with E-state index in [0.717, 1.165) is 22.7 Å². The molecule has 0 fully saturated rings. The van der Waals surface area contributed by atoms with Crippen molar-refractivity contribution >= 4 is 22.4 Å². The molecule has 0 aliphatic heterocycles. The van der Waals surface area contributed by atoms with E-state index in [9.17, 15) is 13.2 Å². The molecule has 2 aromatic carbocycles. The first kappa shape index (κ1) is 18.0. The summed E-state index contributed by atoms with van der Waals surface area (Å²) in [7, 11) is 1.80. The van der Waals surface area contributed by atoms with Crippen LogP contribution in [0, 0.1) is 12.7 Å². The average Bonchev–Trinajstić information content (AvgIpc) is 2.61. The molecule has 0 saturated heterocycles. The molecule has 1 heterocycles. The van der Waals surface area contributed by atoms with Gasteiger partial charge >= 0.3 is 0 Å². The highest BCUT2D eigenvalue weighted by atomic mass is 19.3. The molecule has 1 unspecified atom stereocenters. The van der Waals surface area contributed by atoms with E-state index in [0.29, 0.717) is 11.6 Å². The first-order valence-corrected chi connectivity index (χ1v) is 8.20. The monoisotopic (exact) mass is 360 g/mol. The van der Waals surface area contributed by atoms with Crippen molar-refractivity contribution in [3.63, 3.8) is 0 Å². The number of rotatable bonds is 5. The van der Waals surface area contributed by atoms with Gasteiger partial charge in [-0.1, -0.05) is 18.2 Å². The first-order valence-electron chi connectivity index (χ1n) is 8.20. The molecule has 2 N–H and O–H groups in total. The number of nitrogens with zero attached hydrogens (tertiary/aromatic N) is 2. The molecule has 136 valence electrons. The molecule has 0 aliphatic carbocycles. The molecule has 7 heteroatoms. The number of anilines is 2. The van der Waals surface area contributed by atoms with Crippen LogP contribution in [0.5, 0.6) is 0 Å². The number of alkyl halides is 2. The standard InChI is InChI=1S/C19H19F3N4/c1-10(13-5-4-6-14(17(13)20)18(21)22)24-19-15-9-12(23-3)7-8-16(15)25-11(2)26-19/h4-10,18,23H,1-3H3,(H,24,25,26). The zero-order chi connectivity index (χ0) is 18.8. The number of nitrogens with one attached hydrogen (secondary N) is 2. The minimum absolute atomic E-state index is 0.164. The van der Waals surface area contributed by atoms with Crippen molar-refractivity contribution in [2.75, 3.05) is 17.7 Å². The zero-order valence-corrected chi connectivity index (χ0v) is 14.6. The molecule has 0 aliphatic rings. The van der Waals surface area contributed by atoms with E-state index in [2.05, 4.69) is 20.6 Å². The van der Waals surface area contributed by atoms with Gasteiger partial charge in [-0.2, -0.15) is 0 Å². The minimum atomic E-state index is -2.86. The summed E-state index contributed by atoms with van der Waals surface area (Å²) in [6, 6.07) is 9.12. The number of halogens is 3. The highest BCUT2D eigenvalue weighted by Gasteiger charge is 2.20. The Bertz CT molecular complexity index is 943. The Labute approximate surface area is 149 Å². The normalized spacial score (nSPS) is 12.4. The summed E-state index contributed by atoms with van der Waals surface area (Å²) < 4.78 is 40.3. The number of hydrogen-bond acceptors (Lipinski definition) is 4. The highest BCUT2D eigenvalue weighted by Crippen LogP contribution is 2.31. The fourth-order valence-electron chi connectivity index (χ4n) is 2.86.